The topological polar surface area (TPSA) is 117 Å². The molecule has 2 fully saturated rings. The van der Waals surface area contributed by atoms with E-state index in [2.05, 4.69) is 0 Å². The van der Waals surface area contributed by atoms with Crippen molar-refractivity contribution in [2.24, 2.45) is 0 Å². The monoisotopic (exact) mass is 262 g/mol. The minimum absolute atomic E-state index is 0. The number of hydrogen-bond donors (Lipinski definition) is 0. The molecule has 10 radical (unpaired) electrons. The summed E-state index contributed by atoms with van der Waals surface area (Å²) in [6, 6.07) is 0. The van der Waals surface area contributed by atoms with E-state index in [1.54, 1.807) is 0 Å². The minimum Gasteiger partial charge on any atom is -0.373 e. The molecule has 0 aromatic heterocycles. The quantitative estimate of drug-likeness (QED) is 0.273. The second-order valence-corrected chi connectivity index (χ2v) is 2.10. The largest absolute Gasteiger partial charge is 2.00 e. The molecule has 84 valence electrons. The van der Waals surface area contributed by atoms with Crippen LogP contribution >= 0.6 is 0 Å². The van der Waals surface area contributed by atoms with Gasteiger partial charge in [0, 0.05) is 0 Å². The fourth-order valence-electron chi connectivity index (χ4n) is 0.642. The van der Waals surface area contributed by atoms with Gasteiger partial charge in [0.2, 0.25) is 0 Å². The maximum Gasteiger partial charge on any atom is 2.00 e. The molecule has 0 spiro atoms. The summed E-state index contributed by atoms with van der Waals surface area (Å²) in [7, 11) is 0. The Balaban J connectivity index is -0.000000157. The van der Waals surface area contributed by atoms with Crippen molar-refractivity contribution in [2.45, 2.75) is 0 Å². The summed E-state index contributed by atoms with van der Waals surface area (Å²) in [4.78, 5) is 3.00. The van der Waals surface area contributed by atoms with Crippen LogP contribution in [0, 0.1) is 64.2 Å². The van der Waals surface area contributed by atoms with Crippen molar-refractivity contribution in [1.29, 1.82) is 0 Å². The number of rotatable bonds is 0. The molecule has 2 aliphatic carbocycles. The first-order valence-corrected chi connectivity index (χ1v) is 4.13. The van der Waals surface area contributed by atoms with Crippen LogP contribution in [0.1, 0.15) is 0 Å². The molecule has 0 saturated heterocycles. The van der Waals surface area contributed by atoms with Gasteiger partial charge >= 0.3 is 21.7 Å². The van der Waals surface area contributed by atoms with E-state index in [4.69, 9.17) is 22.1 Å². The van der Waals surface area contributed by atoms with Gasteiger partial charge in [0.15, 0.2) is 0 Å². The summed E-state index contributed by atoms with van der Waals surface area (Å²) in [6.07, 6.45) is 20.0. The summed E-state index contributed by atoms with van der Waals surface area (Å²) in [5.41, 5.74) is 27.0. The fourth-order valence-corrected chi connectivity index (χ4v) is 0.642. The van der Waals surface area contributed by atoms with Crippen LogP contribution in [0.4, 0.5) is 0 Å². The summed E-state index contributed by atoms with van der Waals surface area (Å²) in [5, 5.41) is 0. The van der Waals surface area contributed by atoms with Crippen LogP contribution in [-0.2, 0) is 21.7 Å². The third-order valence-electron chi connectivity index (χ3n) is 1.11. The van der Waals surface area contributed by atoms with Crippen molar-refractivity contribution in [3.8, 4) is 0 Å². The molecule has 2 saturated carbocycles. The average molecular weight is 262 g/mol. The van der Waals surface area contributed by atoms with Crippen LogP contribution in [0.2, 0.25) is 0 Å². The molecule has 2 rings (SSSR count). The Morgan fingerprint density at radius 2 is 0.471 bits per heavy atom. The molecule has 0 unspecified atom stereocenters. The van der Waals surface area contributed by atoms with Gasteiger partial charge in [0.05, 0.1) is 0 Å². The van der Waals surface area contributed by atoms with Crippen molar-refractivity contribution in [1.82, 2.24) is 0 Å². The van der Waals surface area contributed by atoms with Gasteiger partial charge in [-0.2, -0.15) is 0 Å². The summed E-state index contributed by atoms with van der Waals surface area (Å²) in [5.74, 6) is 0. The molecule has 0 aliphatic heterocycles. The van der Waals surface area contributed by atoms with Crippen LogP contribution in [0.25, 0.3) is 31.9 Å². The molecule has 17 heavy (non-hydrogen) atoms. The summed E-state index contributed by atoms with van der Waals surface area (Å²) >= 11 is 0. The molecule has 7 heteroatoms. The van der Waals surface area contributed by atoms with Crippen molar-refractivity contribution >= 4 is 0 Å². The van der Waals surface area contributed by atoms with Crippen molar-refractivity contribution in [3.63, 3.8) is 0 Å². The molecule has 2 aliphatic rings. The molecule has 0 heterocycles. The Morgan fingerprint density at radius 3 is 0.529 bits per heavy atom. The Hall–Kier alpha value is -0.666. The van der Waals surface area contributed by atoms with Crippen LogP contribution in [0.3, 0.4) is 0 Å². The van der Waals surface area contributed by atoms with E-state index in [1.165, 1.54) is 9.82 Å². The van der Waals surface area contributed by atoms with E-state index < -0.39 is 0 Å². The molecule has 0 bridgehead atoms. The predicted octanol–water partition coefficient (Wildman–Crippen LogP) is 3.77. The van der Waals surface area contributed by atoms with Gasteiger partial charge in [-0.25, -0.2) is 0 Å². The van der Waals surface area contributed by atoms with Gasteiger partial charge in [-0.15, -0.1) is 0 Å². The van der Waals surface area contributed by atoms with Gasteiger partial charge in [-0.05, 0) is 64.2 Å². The van der Waals surface area contributed by atoms with E-state index in [-0.39, 0.29) is 21.7 Å². The molecule has 0 aromatic rings. The molecule has 6 nitrogen and oxygen atoms in total. The van der Waals surface area contributed by atoms with Crippen LogP contribution in [-0.4, -0.2) is 0 Å². The van der Waals surface area contributed by atoms with Gasteiger partial charge in [0.1, 0.15) is 0 Å². The van der Waals surface area contributed by atoms with E-state index in [0.29, 0.717) is 0 Å². The number of hydrogen-bond acceptors (Lipinski definition) is 0. The Labute approximate surface area is 118 Å². The zero-order valence-electron chi connectivity index (χ0n) is 8.96. The van der Waals surface area contributed by atoms with Crippen LogP contribution < -0.4 is 0 Å². The predicted molar refractivity (Wildman–Crippen MR) is 63.2 cm³/mol. The fraction of sp³-hybridized carbons (Fsp3) is 0. The zero-order valence-corrected chi connectivity index (χ0v) is 10.5. The van der Waals surface area contributed by atoms with Gasteiger partial charge in [-0.1, -0.05) is 0 Å². The third-order valence-corrected chi connectivity index (χ3v) is 1.11. The van der Waals surface area contributed by atoms with Crippen LogP contribution in [0.15, 0.2) is 0 Å². The summed E-state index contributed by atoms with van der Waals surface area (Å²) in [6.45, 7) is 0. The minimum atomic E-state index is 0. The van der Waals surface area contributed by atoms with Crippen molar-refractivity contribution < 1.29 is 21.7 Å². The first kappa shape index (κ1) is 21.6. The zero-order chi connectivity index (χ0) is 12.5. The Morgan fingerprint density at radius 1 is 0.412 bits per heavy atom. The normalized spacial score (nSPS) is 15.1. The van der Waals surface area contributed by atoms with Crippen molar-refractivity contribution in [2.75, 3.05) is 0 Å². The standard InChI is InChI=1S/2C5H5.2N3.Ti/c2*1-2-4-5-3-1;2*1-3-2;/h2*1-5H;;;/q;;2*-1;+2. The van der Waals surface area contributed by atoms with E-state index in [0.717, 1.165) is 0 Å². The smallest absolute Gasteiger partial charge is 0.373 e. The molecule has 0 atom stereocenters. The summed E-state index contributed by atoms with van der Waals surface area (Å²) < 4.78 is 0. The first-order chi connectivity index (χ1) is 7.83. The van der Waals surface area contributed by atoms with Gasteiger partial charge in [0.25, 0.3) is 0 Å². The van der Waals surface area contributed by atoms with Gasteiger partial charge < -0.3 is 22.1 Å². The van der Waals surface area contributed by atoms with E-state index >= 15 is 0 Å². The molecule has 0 amide bonds. The third kappa shape index (κ3) is 31.3. The van der Waals surface area contributed by atoms with E-state index in [9.17, 15) is 0 Å². The number of nitrogens with zero attached hydrogens (tertiary/aromatic N) is 6. The Kier molecular flexibility index (Phi) is 31.2. The first-order valence-electron chi connectivity index (χ1n) is 4.13. The van der Waals surface area contributed by atoms with Crippen LogP contribution in [0.5, 0.6) is 0 Å². The van der Waals surface area contributed by atoms with Crippen molar-refractivity contribution in [3.05, 3.63) is 96.2 Å². The second-order valence-electron chi connectivity index (χ2n) is 2.10. The maximum atomic E-state index is 6.75. The Bertz CT molecular complexity index is 152. The van der Waals surface area contributed by atoms with Gasteiger partial charge in [-0.3, -0.25) is 9.82 Å². The molecule has 0 aromatic carbocycles. The second kappa shape index (κ2) is 24.5. The SMILES string of the molecule is [CH]1[CH][CH][CH][CH]1.[CH]1[CH][CH][CH][CH]1.[N-]=[N+]=[N-].[N-]=[N+]=[N-].[Ti+2]. The average Bonchev–Trinajstić information content (AvgIpc) is 3.00. The van der Waals surface area contributed by atoms with E-state index in [1.807, 2.05) is 64.2 Å². The molecular formula is C10H10N6Ti. The molecular weight excluding hydrogens is 252 g/mol. The molecule has 0 N–H and O–H groups in total. The maximum absolute atomic E-state index is 6.75.